The molecule has 7 nitrogen and oxygen atoms in total. The fraction of sp³-hybridized carbons (Fsp3) is 0.407. The number of fused-ring (bicyclic) bond motifs is 1. The standard InChI is InChI=1S/C27H32FN5O2/c1-18-13-22(28)23(30-26(34)33-7-5-20(17-33)27(2,3)4)15-21(18)19-14-24(31-9-11-35-12-10-31)25-29-6-8-32(25)16-19/h5-6,8,13-16H,7,9-12,17H2,1-4H3,(H,30,34). The Morgan fingerprint density at radius 1 is 1.17 bits per heavy atom. The van der Waals surface area contributed by atoms with Crippen molar-refractivity contribution < 1.29 is 13.9 Å². The van der Waals surface area contributed by atoms with Crippen molar-refractivity contribution in [2.24, 2.45) is 5.41 Å². The molecule has 1 fully saturated rings. The summed E-state index contributed by atoms with van der Waals surface area (Å²) in [6, 6.07) is 5.02. The highest BCUT2D eigenvalue weighted by atomic mass is 19.1. The van der Waals surface area contributed by atoms with Crippen LogP contribution in [0, 0.1) is 18.2 Å². The van der Waals surface area contributed by atoms with Crippen LogP contribution in [0.1, 0.15) is 26.3 Å². The van der Waals surface area contributed by atoms with Gasteiger partial charge in [-0.15, -0.1) is 0 Å². The molecule has 184 valence electrons. The number of amides is 2. The molecule has 0 atom stereocenters. The van der Waals surface area contributed by atoms with E-state index in [0.717, 1.165) is 41.1 Å². The third kappa shape index (κ3) is 4.62. The number of benzene rings is 1. The maximum Gasteiger partial charge on any atom is 0.322 e. The monoisotopic (exact) mass is 477 g/mol. The lowest BCUT2D eigenvalue weighted by molar-refractivity contribution is 0.123. The first-order chi connectivity index (χ1) is 16.7. The molecule has 1 N–H and O–H groups in total. The number of carbonyl (C=O) groups is 1. The van der Waals surface area contributed by atoms with Crippen molar-refractivity contribution in [1.29, 1.82) is 0 Å². The van der Waals surface area contributed by atoms with Gasteiger partial charge in [0.15, 0.2) is 5.65 Å². The van der Waals surface area contributed by atoms with Gasteiger partial charge in [0.05, 0.1) is 24.6 Å². The number of pyridine rings is 1. The summed E-state index contributed by atoms with van der Waals surface area (Å²) in [4.78, 5) is 21.5. The second-order valence-electron chi connectivity index (χ2n) is 10.3. The maximum atomic E-state index is 14.9. The number of imidazole rings is 1. The third-order valence-corrected chi connectivity index (χ3v) is 6.86. The Bertz CT molecular complexity index is 1300. The number of anilines is 2. The van der Waals surface area contributed by atoms with Crippen molar-refractivity contribution in [1.82, 2.24) is 14.3 Å². The number of aryl methyl sites for hydroxylation is 1. The number of hydrogen-bond acceptors (Lipinski definition) is 4. The van der Waals surface area contributed by atoms with Crippen LogP contribution < -0.4 is 10.2 Å². The molecular formula is C27H32FN5O2. The summed E-state index contributed by atoms with van der Waals surface area (Å²) in [5, 5.41) is 2.80. The number of hydrogen-bond donors (Lipinski definition) is 1. The van der Waals surface area contributed by atoms with Crippen molar-refractivity contribution in [3.05, 3.63) is 59.8 Å². The minimum atomic E-state index is -0.445. The molecule has 0 radical (unpaired) electrons. The Morgan fingerprint density at radius 2 is 1.94 bits per heavy atom. The summed E-state index contributed by atoms with van der Waals surface area (Å²) in [6.45, 7) is 12.3. The fourth-order valence-corrected chi connectivity index (χ4v) is 4.73. The summed E-state index contributed by atoms with van der Waals surface area (Å²) < 4.78 is 22.5. The summed E-state index contributed by atoms with van der Waals surface area (Å²) in [5.41, 5.74) is 5.88. The van der Waals surface area contributed by atoms with Crippen molar-refractivity contribution in [2.45, 2.75) is 27.7 Å². The van der Waals surface area contributed by atoms with E-state index >= 15 is 0 Å². The van der Waals surface area contributed by atoms with Gasteiger partial charge in [0.1, 0.15) is 5.82 Å². The molecule has 2 amide bonds. The SMILES string of the molecule is Cc1cc(F)c(NC(=O)N2CC=C(C(C)(C)C)C2)cc1-c1cc(N2CCOCC2)c2nccn2c1. The fourth-order valence-electron chi connectivity index (χ4n) is 4.73. The molecule has 4 heterocycles. The Balaban J connectivity index is 1.45. The molecule has 2 aromatic heterocycles. The van der Waals surface area contributed by atoms with E-state index in [1.165, 1.54) is 11.6 Å². The van der Waals surface area contributed by atoms with Gasteiger partial charge in [-0.3, -0.25) is 0 Å². The zero-order valence-electron chi connectivity index (χ0n) is 20.8. The third-order valence-electron chi connectivity index (χ3n) is 6.86. The maximum absolute atomic E-state index is 14.9. The first-order valence-corrected chi connectivity index (χ1v) is 12.1. The molecule has 0 saturated carbocycles. The highest BCUT2D eigenvalue weighted by Gasteiger charge is 2.27. The largest absolute Gasteiger partial charge is 0.378 e. The molecular weight excluding hydrogens is 445 g/mol. The molecule has 5 rings (SSSR count). The predicted octanol–water partition coefficient (Wildman–Crippen LogP) is 5.11. The van der Waals surface area contributed by atoms with Crippen LogP contribution >= 0.6 is 0 Å². The van der Waals surface area contributed by atoms with Crippen molar-refractivity contribution in [3.8, 4) is 11.1 Å². The summed E-state index contributed by atoms with van der Waals surface area (Å²) in [5.74, 6) is -0.445. The second kappa shape index (κ2) is 9.00. The van der Waals surface area contributed by atoms with Gasteiger partial charge in [-0.25, -0.2) is 14.2 Å². The number of morpholine rings is 1. The van der Waals surface area contributed by atoms with E-state index in [1.54, 1.807) is 17.2 Å². The van der Waals surface area contributed by atoms with Gasteiger partial charge in [-0.2, -0.15) is 0 Å². The van der Waals surface area contributed by atoms with E-state index in [1.807, 2.05) is 23.7 Å². The van der Waals surface area contributed by atoms with Crippen LogP contribution in [0.3, 0.4) is 0 Å². The quantitative estimate of drug-likeness (QED) is 0.533. The Labute approximate surface area is 205 Å². The average Bonchev–Trinajstić information content (AvgIpc) is 3.50. The number of rotatable bonds is 3. The van der Waals surface area contributed by atoms with Crippen molar-refractivity contribution in [2.75, 3.05) is 49.6 Å². The van der Waals surface area contributed by atoms with Crippen LogP contribution in [-0.2, 0) is 4.74 Å². The number of carbonyl (C=O) groups excluding carboxylic acids is 1. The Kier molecular flexibility index (Phi) is 6.01. The molecule has 35 heavy (non-hydrogen) atoms. The van der Waals surface area contributed by atoms with Crippen LogP contribution in [0.5, 0.6) is 0 Å². The molecule has 1 saturated heterocycles. The summed E-state index contributed by atoms with van der Waals surface area (Å²) in [7, 11) is 0. The highest BCUT2D eigenvalue weighted by molar-refractivity contribution is 5.91. The average molecular weight is 478 g/mol. The van der Waals surface area contributed by atoms with Gasteiger partial charge in [0.2, 0.25) is 0 Å². The zero-order valence-corrected chi connectivity index (χ0v) is 20.8. The Morgan fingerprint density at radius 3 is 2.66 bits per heavy atom. The molecule has 2 aliphatic rings. The van der Waals surface area contributed by atoms with Crippen LogP contribution in [0.2, 0.25) is 0 Å². The first kappa shape index (κ1) is 23.4. The minimum Gasteiger partial charge on any atom is -0.378 e. The molecule has 1 aromatic carbocycles. The van der Waals surface area contributed by atoms with Crippen molar-refractivity contribution in [3.63, 3.8) is 0 Å². The molecule has 0 bridgehead atoms. The van der Waals surface area contributed by atoms with E-state index in [4.69, 9.17) is 4.74 Å². The smallest absolute Gasteiger partial charge is 0.322 e. The first-order valence-electron chi connectivity index (χ1n) is 12.1. The van der Waals surface area contributed by atoms with Gasteiger partial charge < -0.3 is 24.3 Å². The van der Waals surface area contributed by atoms with Crippen LogP contribution in [0.4, 0.5) is 20.6 Å². The number of urea groups is 1. The van der Waals surface area contributed by atoms with E-state index < -0.39 is 5.82 Å². The molecule has 0 unspecified atom stereocenters. The molecule has 8 heteroatoms. The normalized spacial score (nSPS) is 16.7. The minimum absolute atomic E-state index is 0.00145. The number of nitrogens with one attached hydrogen (secondary N) is 1. The molecule has 0 spiro atoms. The predicted molar refractivity (Wildman–Crippen MR) is 136 cm³/mol. The second-order valence-corrected chi connectivity index (χ2v) is 10.3. The number of aromatic nitrogens is 2. The van der Waals surface area contributed by atoms with E-state index in [9.17, 15) is 9.18 Å². The highest BCUT2D eigenvalue weighted by Crippen LogP contribution is 2.34. The van der Waals surface area contributed by atoms with Gasteiger partial charge in [0.25, 0.3) is 0 Å². The number of halogens is 1. The van der Waals surface area contributed by atoms with Crippen LogP contribution in [0.25, 0.3) is 16.8 Å². The molecule has 3 aromatic rings. The number of ether oxygens (including phenoxy) is 1. The van der Waals surface area contributed by atoms with E-state index in [-0.39, 0.29) is 17.1 Å². The molecule has 2 aliphatic heterocycles. The summed E-state index contributed by atoms with van der Waals surface area (Å²) >= 11 is 0. The zero-order chi connectivity index (χ0) is 24.7. The molecule has 0 aliphatic carbocycles. The lowest BCUT2D eigenvalue weighted by atomic mass is 9.87. The van der Waals surface area contributed by atoms with E-state index in [0.29, 0.717) is 26.3 Å². The lowest BCUT2D eigenvalue weighted by Gasteiger charge is -2.29. The van der Waals surface area contributed by atoms with Crippen LogP contribution in [-0.4, -0.2) is 59.7 Å². The van der Waals surface area contributed by atoms with Crippen molar-refractivity contribution >= 4 is 23.1 Å². The number of nitrogens with zero attached hydrogens (tertiary/aromatic N) is 4. The van der Waals surface area contributed by atoms with Gasteiger partial charge in [0, 0.05) is 50.3 Å². The lowest BCUT2D eigenvalue weighted by Crippen LogP contribution is -2.36. The van der Waals surface area contributed by atoms with Gasteiger partial charge in [-0.05, 0) is 47.2 Å². The summed E-state index contributed by atoms with van der Waals surface area (Å²) in [6.07, 6.45) is 7.78. The van der Waals surface area contributed by atoms with Gasteiger partial charge in [-0.1, -0.05) is 26.8 Å². The van der Waals surface area contributed by atoms with Gasteiger partial charge >= 0.3 is 6.03 Å². The van der Waals surface area contributed by atoms with E-state index in [2.05, 4.69) is 48.1 Å². The van der Waals surface area contributed by atoms with Crippen LogP contribution in [0.15, 0.2) is 48.4 Å². The topological polar surface area (TPSA) is 62.1 Å². The Hall–Kier alpha value is -3.39.